The number of nitrogens with zero attached hydrogens (tertiary/aromatic N) is 2. The molecule has 1 aliphatic rings. The lowest BCUT2D eigenvalue weighted by Crippen LogP contribution is -2.57. The van der Waals surface area contributed by atoms with Gasteiger partial charge in [0, 0.05) is 15.4 Å². The first-order valence-electron chi connectivity index (χ1n) is 9.70. The first-order valence-corrected chi connectivity index (χ1v) is 11.4. The van der Waals surface area contributed by atoms with Crippen molar-refractivity contribution < 1.29 is 14.4 Å². The molecule has 1 atom stereocenters. The average molecular weight is 498 g/mol. The summed E-state index contributed by atoms with van der Waals surface area (Å²) in [5, 5.41) is 5.59. The van der Waals surface area contributed by atoms with Crippen molar-refractivity contribution >= 4 is 45.0 Å². The summed E-state index contributed by atoms with van der Waals surface area (Å²) in [5.74, 6) is -1.34. The number of carbonyl (C=O) groups is 3. The summed E-state index contributed by atoms with van der Waals surface area (Å²) >= 11 is 4.87. The van der Waals surface area contributed by atoms with Crippen molar-refractivity contribution in [2.75, 3.05) is 0 Å². The number of rotatable bonds is 5. The van der Waals surface area contributed by atoms with Crippen molar-refractivity contribution in [2.45, 2.75) is 32.4 Å². The molecule has 158 valence electrons. The number of nitrogens with one attached hydrogen (secondary N) is 1. The van der Waals surface area contributed by atoms with E-state index in [4.69, 9.17) is 0 Å². The monoisotopic (exact) mass is 497 g/mol. The zero-order chi connectivity index (χ0) is 22.3. The Morgan fingerprint density at radius 3 is 2.23 bits per heavy atom. The van der Waals surface area contributed by atoms with Crippen LogP contribution >= 0.6 is 27.3 Å². The Kier molecular flexibility index (Phi) is 5.53. The van der Waals surface area contributed by atoms with E-state index in [1.54, 1.807) is 38.1 Å². The predicted molar refractivity (Wildman–Crippen MR) is 123 cm³/mol. The molecular weight excluding hydrogens is 478 g/mol. The zero-order valence-corrected chi connectivity index (χ0v) is 19.6. The molecule has 6 nitrogen and oxygen atoms in total. The summed E-state index contributed by atoms with van der Waals surface area (Å²) in [5.41, 5.74) is 1.09. The van der Waals surface area contributed by atoms with Crippen LogP contribution in [0.5, 0.6) is 0 Å². The molecule has 0 saturated heterocycles. The number of hydrogen-bond acceptors (Lipinski definition) is 5. The third-order valence-corrected chi connectivity index (χ3v) is 6.84. The molecule has 1 unspecified atom stereocenters. The first-order chi connectivity index (χ1) is 14.7. The van der Waals surface area contributed by atoms with Crippen LogP contribution in [0, 0.1) is 0 Å². The Balaban J connectivity index is 1.51. The Bertz CT molecular complexity index is 1150. The second-order valence-corrected chi connectivity index (χ2v) is 9.63. The van der Waals surface area contributed by atoms with Gasteiger partial charge in [-0.15, -0.1) is 11.3 Å². The fourth-order valence-electron chi connectivity index (χ4n) is 3.47. The average Bonchev–Trinajstić information content (AvgIpc) is 3.33. The number of fused-ring (bicyclic) bond motifs is 1. The molecule has 31 heavy (non-hydrogen) atoms. The van der Waals surface area contributed by atoms with Crippen molar-refractivity contribution in [2.24, 2.45) is 0 Å². The number of halogens is 1. The van der Waals surface area contributed by atoms with Crippen LogP contribution in [0.25, 0.3) is 11.3 Å². The highest BCUT2D eigenvalue weighted by Crippen LogP contribution is 2.31. The van der Waals surface area contributed by atoms with Crippen LogP contribution in [-0.4, -0.2) is 33.1 Å². The van der Waals surface area contributed by atoms with Gasteiger partial charge in [0.25, 0.3) is 11.8 Å². The van der Waals surface area contributed by atoms with Crippen LogP contribution in [0.2, 0.25) is 0 Å². The van der Waals surface area contributed by atoms with Crippen molar-refractivity contribution in [1.29, 1.82) is 0 Å². The number of aromatic nitrogens is 1. The molecule has 0 saturated carbocycles. The van der Waals surface area contributed by atoms with Gasteiger partial charge < -0.3 is 5.32 Å². The molecule has 2 aromatic carbocycles. The van der Waals surface area contributed by atoms with E-state index >= 15 is 0 Å². The van der Waals surface area contributed by atoms with Gasteiger partial charge in [-0.25, -0.2) is 4.98 Å². The molecule has 0 bridgehead atoms. The molecule has 4 rings (SSSR count). The van der Waals surface area contributed by atoms with Crippen molar-refractivity contribution in [1.82, 2.24) is 15.2 Å². The Morgan fingerprint density at radius 2 is 1.65 bits per heavy atom. The summed E-state index contributed by atoms with van der Waals surface area (Å²) < 4.78 is 0.989. The van der Waals surface area contributed by atoms with Gasteiger partial charge in [0.2, 0.25) is 5.91 Å². The Morgan fingerprint density at radius 1 is 1.06 bits per heavy atom. The Labute approximate surface area is 192 Å². The van der Waals surface area contributed by atoms with E-state index in [1.807, 2.05) is 36.6 Å². The van der Waals surface area contributed by atoms with E-state index in [0.29, 0.717) is 11.1 Å². The number of benzene rings is 2. The van der Waals surface area contributed by atoms with Crippen molar-refractivity contribution in [3.63, 3.8) is 0 Å². The van der Waals surface area contributed by atoms with Gasteiger partial charge in [-0.3, -0.25) is 19.3 Å². The highest BCUT2D eigenvalue weighted by Gasteiger charge is 2.48. The molecule has 1 aliphatic heterocycles. The van der Waals surface area contributed by atoms with Crippen molar-refractivity contribution in [3.8, 4) is 11.3 Å². The first kappa shape index (κ1) is 21.4. The van der Waals surface area contributed by atoms with E-state index in [1.165, 1.54) is 11.3 Å². The van der Waals surface area contributed by atoms with Crippen molar-refractivity contribution in [3.05, 3.63) is 74.5 Å². The lowest BCUT2D eigenvalue weighted by atomic mass is 10.0. The minimum absolute atomic E-state index is 0.320. The fourth-order valence-corrected chi connectivity index (χ4v) is 4.57. The van der Waals surface area contributed by atoms with Gasteiger partial charge in [0.1, 0.15) is 10.5 Å². The lowest BCUT2D eigenvalue weighted by molar-refractivity contribution is -0.129. The normalized spacial score (nSPS) is 14.5. The van der Waals surface area contributed by atoms with Crippen LogP contribution in [-0.2, 0) is 4.79 Å². The van der Waals surface area contributed by atoms with E-state index < -0.39 is 23.3 Å². The maximum atomic E-state index is 13.1. The summed E-state index contributed by atoms with van der Waals surface area (Å²) in [6.45, 7) is 4.98. The molecule has 8 heteroatoms. The maximum Gasteiger partial charge on any atom is 0.262 e. The molecule has 0 aliphatic carbocycles. The topological polar surface area (TPSA) is 79.4 Å². The summed E-state index contributed by atoms with van der Waals surface area (Å²) in [6, 6.07) is 14.1. The van der Waals surface area contributed by atoms with Gasteiger partial charge in [0.05, 0.1) is 22.9 Å². The van der Waals surface area contributed by atoms with Crippen LogP contribution in [0.4, 0.5) is 0 Å². The predicted octanol–water partition coefficient (Wildman–Crippen LogP) is 4.82. The number of amides is 3. The SMILES string of the molecule is CC(NC(=O)C(C)(C)N1C(=O)c2ccccc2C1=O)c1nc(-c2ccc(Br)cc2)cs1. The number of thiazole rings is 1. The highest BCUT2D eigenvalue weighted by molar-refractivity contribution is 9.10. The zero-order valence-electron chi connectivity index (χ0n) is 17.2. The molecule has 3 amide bonds. The third kappa shape index (κ3) is 3.81. The lowest BCUT2D eigenvalue weighted by Gasteiger charge is -2.33. The summed E-state index contributed by atoms with van der Waals surface area (Å²) in [4.78, 5) is 44.4. The second-order valence-electron chi connectivity index (χ2n) is 7.82. The van der Waals surface area contributed by atoms with Gasteiger partial charge >= 0.3 is 0 Å². The minimum Gasteiger partial charge on any atom is -0.345 e. The molecule has 0 fully saturated rings. The van der Waals surface area contributed by atoms with Crippen LogP contribution in [0.15, 0.2) is 58.4 Å². The largest absolute Gasteiger partial charge is 0.345 e. The highest BCUT2D eigenvalue weighted by atomic mass is 79.9. The van der Waals surface area contributed by atoms with Gasteiger partial charge in [0.15, 0.2) is 0 Å². The number of carbonyl (C=O) groups excluding carboxylic acids is 3. The van der Waals surface area contributed by atoms with Crippen LogP contribution < -0.4 is 5.32 Å². The smallest absolute Gasteiger partial charge is 0.262 e. The molecule has 0 spiro atoms. The number of imide groups is 1. The van der Waals surface area contributed by atoms with Gasteiger partial charge in [-0.1, -0.05) is 40.2 Å². The maximum absolute atomic E-state index is 13.1. The number of hydrogen-bond donors (Lipinski definition) is 1. The molecule has 2 heterocycles. The second kappa shape index (κ2) is 8.01. The van der Waals surface area contributed by atoms with Gasteiger partial charge in [-0.05, 0) is 45.0 Å². The van der Waals surface area contributed by atoms with Crippen LogP contribution in [0.1, 0.15) is 52.5 Å². The van der Waals surface area contributed by atoms with E-state index in [-0.39, 0.29) is 6.04 Å². The Hall–Kier alpha value is -2.84. The summed E-state index contributed by atoms with van der Waals surface area (Å²) in [6.07, 6.45) is 0. The van der Waals surface area contributed by atoms with Crippen LogP contribution in [0.3, 0.4) is 0 Å². The molecule has 3 aromatic rings. The van der Waals surface area contributed by atoms with E-state index in [2.05, 4.69) is 26.2 Å². The quantitative estimate of drug-likeness (QED) is 0.512. The standard InChI is InChI=1S/C23H20BrN3O3S/c1-13(19-26-18(12-31-19)14-8-10-15(24)11-9-14)25-22(30)23(2,3)27-20(28)16-6-4-5-7-17(16)21(27)29/h4-13H,1-3H3,(H,25,30). The van der Waals surface area contributed by atoms with E-state index in [9.17, 15) is 14.4 Å². The van der Waals surface area contributed by atoms with E-state index in [0.717, 1.165) is 25.6 Å². The minimum atomic E-state index is -1.35. The third-order valence-electron chi connectivity index (χ3n) is 5.29. The molecule has 0 radical (unpaired) electrons. The summed E-state index contributed by atoms with van der Waals surface area (Å²) in [7, 11) is 0. The van der Waals surface area contributed by atoms with Gasteiger partial charge in [-0.2, -0.15) is 0 Å². The molecule has 1 N–H and O–H groups in total. The fraction of sp³-hybridized carbons (Fsp3) is 0.217. The molecule has 1 aromatic heterocycles. The molecular formula is C23H20BrN3O3S.